The van der Waals surface area contributed by atoms with Gasteiger partial charge < -0.3 is 5.11 Å². The number of pyridine rings is 1. The van der Waals surface area contributed by atoms with Gasteiger partial charge in [0.2, 0.25) is 0 Å². The van der Waals surface area contributed by atoms with Gasteiger partial charge in [0.1, 0.15) is 0 Å². The predicted octanol–water partition coefficient (Wildman–Crippen LogP) is 5.04. The van der Waals surface area contributed by atoms with Crippen LogP contribution in [0.3, 0.4) is 0 Å². The van der Waals surface area contributed by atoms with Gasteiger partial charge in [-0.2, -0.15) is 13.2 Å². The van der Waals surface area contributed by atoms with Gasteiger partial charge in [-0.1, -0.05) is 48.2 Å². The van der Waals surface area contributed by atoms with E-state index in [1.165, 1.54) is 30.0 Å². The van der Waals surface area contributed by atoms with Crippen molar-refractivity contribution in [1.82, 2.24) is 14.6 Å². The van der Waals surface area contributed by atoms with Crippen molar-refractivity contribution in [3.8, 4) is 0 Å². The molecule has 2 aromatic heterocycles. The topological polar surface area (TPSA) is 50.4 Å². The number of halogens is 3. The van der Waals surface area contributed by atoms with Crippen molar-refractivity contribution in [1.29, 1.82) is 0 Å². The van der Waals surface area contributed by atoms with Crippen molar-refractivity contribution in [3.63, 3.8) is 0 Å². The summed E-state index contributed by atoms with van der Waals surface area (Å²) in [6, 6.07) is 14.8. The van der Waals surface area contributed by atoms with E-state index >= 15 is 0 Å². The lowest BCUT2D eigenvalue weighted by molar-refractivity contribution is -0.139. The van der Waals surface area contributed by atoms with E-state index in [-0.39, 0.29) is 11.3 Å². The molecule has 0 bridgehead atoms. The van der Waals surface area contributed by atoms with Crippen LogP contribution in [-0.4, -0.2) is 25.5 Å². The number of aromatic nitrogens is 3. The van der Waals surface area contributed by atoms with Gasteiger partial charge in [-0.05, 0) is 36.2 Å². The summed E-state index contributed by atoms with van der Waals surface area (Å²) < 4.78 is 41.5. The first-order valence-electron chi connectivity index (χ1n) is 8.56. The zero-order valence-electron chi connectivity index (χ0n) is 14.8. The van der Waals surface area contributed by atoms with Crippen LogP contribution in [0.4, 0.5) is 13.2 Å². The Morgan fingerprint density at radius 3 is 2.57 bits per heavy atom. The molecule has 1 unspecified atom stereocenters. The molecule has 1 N–H and O–H groups in total. The largest absolute Gasteiger partial charge is 0.416 e. The minimum Gasteiger partial charge on any atom is -0.388 e. The molecule has 8 heteroatoms. The Labute approximate surface area is 163 Å². The minimum absolute atomic E-state index is 0.0239. The van der Waals surface area contributed by atoms with Crippen molar-refractivity contribution >= 4 is 28.3 Å². The summed E-state index contributed by atoms with van der Waals surface area (Å²) in [5.41, 5.74) is 1.66. The van der Waals surface area contributed by atoms with Crippen molar-refractivity contribution < 1.29 is 18.3 Å². The SMILES string of the molecule is Cc1cc2nnc(SCC(O)c3ccccc3C(F)(F)F)n2c2ccccc12. The molecule has 0 amide bonds. The zero-order chi connectivity index (χ0) is 19.9. The smallest absolute Gasteiger partial charge is 0.388 e. The highest BCUT2D eigenvalue weighted by Crippen LogP contribution is 2.36. The van der Waals surface area contributed by atoms with Crippen LogP contribution in [0.2, 0.25) is 0 Å². The number of fused-ring (bicyclic) bond motifs is 3. The van der Waals surface area contributed by atoms with E-state index in [2.05, 4.69) is 10.2 Å². The van der Waals surface area contributed by atoms with E-state index in [9.17, 15) is 18.3 Å². The third kappa shape index (κ3) is 3.33. The summed E-state index contributed by atoms with van der Waals surface area (Å²) in [5, 5.41) is 20.3. The highest BCUT2D eigenvalue weighted by molar-refractivity contribution is 7.99. The molecule has 4 rings (SSSR count). The first kappa shape index (κ1) is 18.8. The van der Waals surface area contributed by atoms with Gasteiger partial charge in [-0.25, -0.2) is 0 Å². The van der Waals surface area contributed by atoms with Crippen LogP contribution in [0, 0.1) is 6.92 Å². The summed E-state index contributed by atoms with van der Waals surface area (Å²) in [4.78, 5) is 0. The van der Waals surface area contributed by atoms with Gasteiger partial charge in [-0.3, -0.25) is 4.40 Å². The average Bonchev–Trinajstić information content (AvgIpc) is 3.08. The number of aryl methyl sites for hydroxylation is 1. The number of aliphatic hydroxyl groups excluding tert-OH is 1. The predicted molar refractivity (Wildman–Crippen MR) is 102 cm³/mol. The Kier molecular flexibility index (Phi) is 4.76. The number of alkyl halides is 3. The Morgan fingerprint density at radius 1 is 1.07 bits per heavy atom. The maximum atomic E-state index is 13.2. The number of benzene rings is 2. The molecule has 2 heterocycles. The molecule has 2 aromatic carbocycles. The molecule has 0 aliphatic heterocycles. The summed E-state index contributed by atoms with van der Waals surface area (Å²) in [6.07, 6.45) is -5.80. The van der Waals surface area contributed by atoms with Crippen LogP contribution in [0.5, 0.6) is 0 Å². The molecule has 28 heavy (non-hydrogen) atoms. The quantitative estimate of drug-likeness (QED) is 0.485. The standard InChI is InChI=1S/C20H16F3N3OS/c1-12-10-18-24-25-19(26(18)16-9-5-3-6-13(12)16)28-11-17(27)14-7-2-4-8-15(14)20(21,22)23/h2-10,17,27H,11H2,1H3. The molecule has 4 aromatic rings. The zero-order valence-corrected chi connectivity index (χ0v) is 15.6. The first-order chi connectivity index (χ1) is 13.4. The molecule has 0 spiro atoms. The Morgan fingerprint density at radius 2 is 1.79 bits per heavy atom. The summed E-state index contributed by atoms with van der Waals surface area (Å²) in [7, 11) is 0. The fourth-order valence-electron chi connectivity index (χ4n) is 3.26. The van der Waals surface area contributed by atoms with Gasteiger partial charge >= 0.3 is 6.18 Å². The Balaban J connectivity index is 1.67. The highest BCUT2D eigenvalue weighted by atomic mass is 32.2. The molecule has 0 saturated heterocycles. The lowest BCUT2D eigenvalue weighted by atomic mass is 10.0. The van der Waals surface area contributed by atoms with Crippen LogP contribution in [0.1, 0.15) is 22.8 Å². The van der Waals surface area contributed by atoms with E-state index in [1.54, 1.807) is 0 Å². The molecular weight excluding hydrogens is 387 g/mol. The average molecular weight is 403 g/mol. The Hall–Kier alpha value is -2.58. The van der Waals surface area contributed by atoms with Gasteiger partial charge in [0.05, 0.1) is 17.2 Å². The molecule has 144 valence electrons. The summed E-state index contributed by atoms with van der Waals surface area (Å²) in [5.74, 6) is 0.0239. The molecule has 0 saturated carbocycles. The van der Waals surface area contributed by atoms with Crippen LogP contribution in [0.25, 0.3) is 16.6 Å². The molecule has 0 radical (unpaired) electrons. The number of para-hydroxylation sites is 1. The summed E-state index contributed by atoms with van der Waals surface area (Å²) in [6.45, 7) is 1.99. The molecule has 0 fully saturated rings. The van der Waals surface area contributed by atoms with E-state index in [0.717, 1.165) is 22.5 Å². The number of rotatable bonds is 4. The van der Waals surface area contributed by atoms with E-state index < -0.39 is 17.8 Å². The van der Waals surface area contributed by atoms with Crippen molar-refractivity contribution in [3.05, 3.63) is 71.3 Å². The monoisotopic (exact) mass is 403 g/mol. The number of hydrogen-bond donors (Lipinski definition) is 1. The normalized spacial score (nSPS) is 13.3. The number of aliphatic hydroxyl groups is 1. The lowest BCUT2D eigenvalue weighted by Gasteiger charge is -2.17. The third-order valence-corrected chi connectivity index (χ3v) is 5.57. The second-order valence-corrected chi connectivity index (χ2v) is 7.42. The van der Waals surface area contributed by atoms with Crippen molar-refractivity contribution in [2.24, 2.45) is 0 Å². The van der Waals surface area contributed by atoms with Crippen molar-refractivity contribution in [2.75, 3.05) is 5.75 Å². The maximum Gasteiger partial charge on any atom is 0.416 e. The van der Waals surface area contributed by atoms with Crippen LogP contribution < -0.4 is 0 Å². The minimum atomic E-state index is -4.52. The second kappa shape index (κ2) is 7.10. The molecule has 1 atom stereocenters. The molecule has 4 nitrogen and oxygen atoms in total. The van der Waals surface area contributed by atoms with Crippen LogP contribution in [-0.2, 0) is 6.18 Å². The summed E-state index contributed by atoms with van der Waals surface area (Å²) >= 11 is 1.17. The number of hydrogen-bond acceptors (Lipinski definition) is 4. The van der Waals surface area contributed by atoms with E-state index in [4.69, 9.17) is 0 Å². The Bertz CT molecular complexity index is 1160. The molecule has 0 aliphatic carbocycles. The van der Waals surface area contributed by atoms with E-state index in [1.807, 2.05) is 41.7 Å². The lowest BCUT2D eigenvalue weighted by Crippen LogP contribution is -2.13. The van der Waals surface area contributed by atoms with Crippen LogP contribution >= 0.6 is 11.8 Å². The highest BCUT2D eigenvalue weighted by Gasteiger charge is 2.34. The van der Waals surface area contributed by atoms with Crippen LogP contribution in [0.15, 0.2) is 59.8 Å². The van der Waals surface area contributed by atoms with Crippen molar-refractivity contribution in [2.45, 2.75) is 24.4 Å². The van der Waals surface area contributed by atoms with E-state index in [0.29, 0.717) is 10.8 Å². The van der Waals surface area contributed by atoms with Gasteiger partial charge in [0, 0.05) is 11.1 Å². The second-order valence-electron chi connectivity index (χ2n) is 6.43. The van der Waals surface area contributed by atoms with Gasteiger partial charge in [0.15, 0.2) is 10.8 Å². The first-order valence-corrected chi connectivity index (χ1v) is 9.55. The maximum absolute atomic E-state index is 13.2. The molecule has 0 aliphatic rings. The number of nitrogens with zero attached hydrogens (tertiary/aromatic N) is 3. The van der Waals surface area contributed by atoms with Gasteiger partial charge in [-0.15, -0.1) is 10.2 Å². The molecular formula is C20H16F3N3OS. The fraction of sp³-hybridized carbons (Fsp3) is 0.200. The van der Waals surface area contributed by atoms with Gasteiger partial charge in [0.25, 0.3) is 0 Å². The number of thioether (sulfide) groups is 1. The third-order valence-electron chi connectivity index (χ3n) is 4.57. The fourth-order valence-corrected chi connectivity index (χ4v) is 4.16.